The van der Waals surface area contributed by atoms with Gasteiger partial charge in [0, 0.05) is 13.0 Å². The van der Waals surface area contributed by atoms with E-state index in [9.17, 15) is 9.18 Å². The number of carbonyl (C=O) groups is 1. The summed E-state index contributed by atoms with van der Waals surface area (Å²) in [5, 5.41) is 0. The van der Waals surface area contributed by atoms with Crippen LogP contribution in [0.15, 0.2) is 30.5 Å². The number of rotatable bonds is 0. The topological polar surface area (TPSA) is 34.9 Å². The highest BCUT2D eigenvalue weighted by molar-refractivity contribution is 5.95. The number of imidazole rings is 1. The lowest BCUT2D eigenvalue weighted by Crippen LogP contribution is -2.08. The van der Waals surface area contributed by atoms with E-state index in [2.05, 4.69) is 4.98 Å². The molecule has 16 heavy (non-hydrogen) atoms. The Hall–Kier alpha value is -1.97. The molecule has 0 aliphatic carbocycles. The maximum absolute atomic E-state index is 13.0. The minimum absolute atomic E-state index is 0.131. The van der Waals surface area contributed by atoms with E-state index in [0.717, 1.165) is 11.1 Å². The van der Waals surface area contributed by atoms with Gasteiger partial charge in [-0.2, -0.15) is 9.37 Å². The Labute approximate surface area is 91.5 Å². The van der Waals surface area contributed by atoms with Gasteiger partial charge in [0.05, 0.1) is 6.20 Å². The van der Waals surface area contributed by atoms with E-state index < -0.39 is 5.95 Å². The fraction of sp³-hybridized carbons (Fsp3) is 0.167. The van der Waals surface area contributed by atoms with Crippen LogP contribution in [0.3, 0.4) is 0 Å². The summed E-state index contributed by atoms with van der Waals surface area (Å²) in [5.74, 6) is -0.509. The molecule has 0 radical (unpaired) electrons. The molecular weight excluding hydrogens is 207 g/mol. The average Bonchev–Trinajstić information content (AvgIpc) is 2.57. The van der Waals surface area contributed by atoms with Crippen LogP contribution in [0.25, 0.3) is 0 Å². The molecule has 1 aromatic carbocycles. The molecule has 1 aliphatic rings. The highest BCUT2D eigenvalue weighted by Gasteiger charge is 2.21. The van der Waals surface area contributed by atoms with E-state index >= 15 is 0 Å². The maximum Gasteiger partial charge on any atom is 0.231 e. The van der Waals surface area contributed by atoms with Crippen LogP contribution in [-0.2, 0) is 13.0 Å². The monoisotopic (exact) mass is 216 g/mol. The summed E-state index contributed by atoms with van der Waals surface area (Å²) in [6.45, 7) is 0.508. The van der Waals surface area contributed by atoms with E-state index in [4.69, 9.17) is 0 Å². The molecule has 3 nitrogen and oxygen atoms in total. The molecule has 1 aromatic heterocycles. The van der Waals surface area contributed by atoms with Crippen LogP contribution in [0.2, 0.25) is 0 Å². The summed E-state index contributed by atoms with van der Waals surface area (Å²) >= 11 is 0. The minimum atomic E-state index is -0.595. The molecule has 4 heteroatoms. The number of nitrogens with zero attached hydrogens (tertiary/aromatic N) is 2. The fourth-order valence-electron chi connectivity index (χ4n) is 2.05. The number of carbonyl (C=O) groups excluding carboxylic acids is 1. The molecule has 0 unspecified atom stereocenters. The van der Waals surface area contributed by atoms with E-state index in [1.807, 2.05) is 24.3 Å². The molecule has 80 valence electrons. The number of Topliss-reactive ketones (excluding diaryl/α,β-unsaturated/α-hetero) is 1. The molecule has 0 atom stereocenters. The summed E-state index contributed by atoms with van der Waals surface area (Å²) in [4.78, 5) is 15.5. The highest BCUT2D eigenvalue weighted by Crippen LogP contribution is 2.19. The summed E-state index contributed by atoms with van der Waals surface area (Å²) in [7, 11) is 0. The van der Waals surface area contributed by atoms with Gasteiger partial charge in [-0.25, -0.2) is 0 Å². The SMILES string of the molecule is O=C1Cc2ccccc2Cn2cc(F)nc21. The molecule has 0 bridgehead atoms. The van der Waals surface area contributed by atoms with Gasteiger partial charge in [0.15, 0.2) is 5.82 Å². The summed E-state index contributed by atoms with van der Waals surface area (Å²) in [6.07, 6.45) is 1.57. The van der Waals surface area contributed by atoms with Gasteiger partial charge in [0.25, 0.3) is 0 Å². The maximum atomic E-state index is 13.0. The third-order valence-electron chi connectivity index (χ3n) is 2.81. The number of ketones is 1. The second-order valence-electron chi connectivity index (χ2n) is 3.88. The van der Waals surface area contributed by atoms with Gasteiger partial charge in [-0.05, 0) is 11.1 Å². The third kappa shape index (κ3) is 1.34. The standard InChI is InChI=1S/C12H9FN2O/c13-11-7-15-6-9-4-2-1-3-8(9)5-10(16)12(15)14-11/h1-4,7H,5-6H2. The van der Waals surface area contributed by atoms with Crippen molar-refractivity contribution in [1.29, 1.82) is 0 Å². The van der Waals surface area contributed by atoms with Crippen molar-refractivity contribution in [2.45, 2.75) is 13.0 Å². The molecule has 0 saturated heterocycles. The molecule has 0 N–H and O–H groups in total. The Kier molecular flexibility index (Phi) is 1.89. The predicted molar refractivity (Wildman–Crippen MR) is 55.8 cm³/mol. The van der Waals surface area contributed by atoms with E-state index in [0.29, 0.717) is 13.0 Å². The molecule has 2 aromatic rings. The van der Waals surface area contributed by atoms with Crippen LogP contribution >= 0.6 is 0 Å². The zero-order chi connectivity index (χ0) is 11.1. The zero-order valence-corrected chi connectivity index (χ0v) is 8.48. The predicted octanol–water partition coefficient (Wildman–Crippen LogP) is 1.81. The van der Waals surface area contributed by atoms with Crippen molar-refractivity contribution in [2.75, 3.05) is 0 Å². The number of halogens is 1. The van der Waals surface area contributed by atoms with Gasteiger partial charge in [-0.3, -0.25) is 4.79 Å². The fourth-order valence-corrected chi connectivity index (χ4v) is 2.05. The quantitative estimate of drug-likeness (QED) is 0.673. The van der Waals surface area contributed by atoms with Crippen LogP contribution in [0, 0.1) is 5.95 Å². The Bertz CT molecular complexity index is 574. The van der Waals surface area contributed by atoms with Crippen molar-refractivity contribution in [3.05, 3.63) is 53.4 Å². The molecular formula is C12H9FN2O. The van der Waals surface area contributed by atoms with Crippen LogP contribution in [0.4, 0.5) is 4.39 Å². The first-order chi connectivity index (χ1) is 7.74. The summed E-state index contributed by atoms with van der Waals surface area (Å²) < 4.78 is 14.6. The van der Waals surface area contributed by atoms with Crippen LogP contribution in [-0.4, -0.2) is 15.3 Å². The second kappa shape index (κ2) is 3.27. The van der Waals surface area contributed by atoms with Gasteiger partial charge in [0.2, 0.25) is 11.7 Å². The van der Waals surface area contributed by atoms with Crippen molar-refractivity contribution in [3.63, 3.8) is 0 Å². The Morgan fingerprint density at radius 2 is 2.00 bits per heavy atom. The number of hydrogen-bond acceptors (Lipinski definition) is 2. The lowest BCUT2D eigenvalue weighted by molar-refractivity contribution is 0.0981. The zero-order valence-electron chi connectivity index (χ0n) is 8.48. The minimum Gasteiger partial charge on any atom is -0.321 e. The number of fused-ring (bicyclic) bond motifs is 2. The summed E-state index contributed by atoms with van der Waals surface area (Å²) in [5.41, 5.74) is 2.05. The van der Waals surface area contributed by atoms with Crippen molar-refractivity contribution in [2.24, 2.45) is 0 Å². The van der Waals surface area contributed by atoms with Gasteiger partial charge in [0.1, 0.15) is 0 Å². The van der Waals surface area contributed by atoms with Crippen LogP contribution in [0.5, 0.6) is 0 Å². The first-order valence-electron chi connectivity index (χ1n) is 5.07. The van der Waals surface area contributed by atoms with Crippen molar-refractivity contribution < 1.29 is 9.18 Å². The lowest BCUT2D eigenvalue weighted by atomic mass is 10.0. The van der Waals surface area contributed by atoms with Gasteiger partial charge in [-0.1, -0.05) is 24.3 Å². The van der Waals surface area contributed by atoms with Crippen molar-refractivity contribution in [3.8, 4) is 0 Å². The first kappa shape index (κ1) is 9.27. The molecule has 0 fully saturated rings. The van der Waals surface area contributed by atoms with Crippen LogP contribution in [0.1, 0.15) is 21.7 Å². The Morgan fingerprint density at radius 1 is 1.25 bits per heavy atom. The van der Waals surface area contributed by atoms with Crippen molar-refractivity contribution >= 4 is 5.78 Å². The molecule has 2 heterocycles. The van der Waals surface area contributed by atoms with E-state index in [1.54, 1.807) is 4.57 Å². The van der Waals surface area contributed by atoms with Crippen LogP contribution < -0.4 is 0 Å². The molecule has 3 rings (SSSR count). The third-order valence-corrected chi connectivity index (χ3v) is 2.81. The van der Waals surface area contributed by atoms with E-state index in [-0.39, 0.29) is 11.6 Å². The summed E-state index contributed by atoms with van der Waals surface area (Å²) in [6, 6.07) is 7.70. The Morgan fingerprint density at radius 3 is 2.81 bits per heavy atom. The smallest absolute Gasteiger partial charge is 0.231 e. The largest absolute Gasteiger partial charge is 0.321 e. The molecule has 0 amide bonds. The lowest BCUT2D eigenvalue weighted by Gasteiger charge is -2.04. The van der Waals surface area contributed by atoms with Gasteiger partial charge in [-0.15, -0.1) is 0 Å². The number of aromatic nitrogens is 2. The number of hydrogen-bond donors (Lipinski definition) is 0. The van der Waals surface area contributed by atoms with Gasteiger partial charge >= 0.3 is 0 Å². The molecule has 0 saturated carbocycles. The van der Waals surface area contributed by atoms with Gasteiger partial charge < -0.3 is 4.57 Å². The Balaban J connectivity index is 2.17. The highest BCUT2D eigenvalue weighted by atomic mass is 19.1. The average molecular weight is 216 g/mol. The van der Waals surface area contributed by atoms with Crippen molar-refractivity contribution in [1.82, 2.24) is 9.55 Å². The number of benzene rings is 1. The first-order valence-corrected chi connectivity index (χ1v) is 5.07. The molecule has 0 spiro atoms. The normalized spacial score (nSPS) is 14.2. The second-order valence-corrected chi connectivity index (χ2v) is 3.88. The molecule has 1 aliphatic heterocycles. The van der Waals surface area contributed by atoms with E-state index in [1.165, 1.54) is 6.20 Å².